The number of likely N-dealkylation sites (tertiary alicyclic amines) is 1. The Morgan fingerprint density at radius 3 is 2.62 bits per heavy atom. The third-order valence-electron chi connectivity index (χ3n) is 5.79. The summed E-state index contributed by atoms with van der Waals surface area (Å²) < 4.78 is 2.38. The van der Waals surface area contributed by atoms with Gasteiger partial charge in [-0.2, -0.15) is 5.26 Å². The number of nitrogens with zero attached hydrogens (tertiary/aromatic N) is 3. The van der Waals surface area contributed by atoms with Crippen LogP contribution in [0.1, 0.15) is 35.6 Å². The van der Waals surface area contributed by atoms with Gasteiger partial charge in [-0.3, -0.25) is 0 Å². The first-order chi connectivity index (χ1) is 12.8. The zero-order valence-electron chi connectivity index (χ0n) is 15.4. The van der Waals surface area contributed by atoms with Gasteiger partial charge in [0, 0.05) is 42.8 Å². The highest BCUT2D eigenvalue weighted by Crippen LogP contribution is 2.29. The van der Waals surface area contributed by atoms with Crippen molar-refractivity contribution < 1.29 is 0 Å². The second-order valence-electron chi connectivity index (χ2n) is 7.32. The van der Waals surface area contributed by atoms with Gasteiger partial charge in [-0.25, -0.2) is 0 Å². The standard InChI is InChI=1S/C23H25N3/c1-18-5-2-3-6-19(18)9-13-25-14-10-21(11-15-25)26-16-12-22-20(17-24)7-4-8-23(22)26/h2-8,12,16,21H,9-11,13-15H2,1H3. The maximum Gasteiger partial charge on any atom is 0.0998 e. The van der Waals surface area contributed by atoms with Gasteiger partial charge in [-0.1, -0.05) is 30.3 Å². The Kier molecular flexibility index (Phi) is 4.77. The van der Waals surface area contributed by atoms with Crippen LogP contribution in [0.4, 0.5) is 0 Å². The molecule has 132 valence electrons. The van der Waals surface area contributed by atoms with E-state index in [2.05, 4.69) is 65.1 Å². The van der Waals surface area contributed by atoms with Gasteiger partial charge in [-0.05, 0) is 55.5 Å². The maximum absolute atomic E-state index is 9.30. The molecule has 0 bridgehead atoms. The van der Waals surface area contributed by atoms with Crippen molar-refractivity contribution in [3.8, 4) is 6.07 Å². The van der Waals surface area contributed by atoms with Crippen molar-refractivity contribution in [3.05, 3.63) is 71.4 Å². The van der Waals surface area contributed by atoms with E-state index in [0.717, 1.165) is 37.0 Å². The molecule has 0 aliphatic carbocycles. The molecule has 3 aromatic rings. The van der Waals surface area contributed by atoms with E-state index in [-0.39, 0.29) is 0 Å². The molecule has 0 N–H and O–H groups in total. The number of benzene rings is 2. The fourth-order valence-electron chi connectivity index (χ4n) is 4.19. The van der Waals surface area contributed by atoms with Gasteiger partial charge in [-0.15, -0.1) is 0 Å². The van der Waals surface area contributed by atoms with E-state index in [1.54, 1.807) is 0 Å². The van der Waals surface area contributed by atoms with Crippen LogP contribution in [0.5, 0.6) is 0 Å². The van der Waals surface area contributed by atoms with Crippen LogP contribution >= 0.6 is 0 Å². The van der Waals surface area contributed by atoms with Crippen molar-refractivity contribution >= 4 is 10.9 Å². The van der Waals surface area contributed by atoms with E-state index >= 15 is 0 Å². The number of aryl methyl sites for hydroxylation is 1. The van der Waals surface area contributed by atoms with Gasteiger partial charge in [0.05, 0.1) is 11.6 Å². The molecule has 0 saturated carbocycles. The van der Waals surface area contributed by atoms with E-state index in [0.29, 0.717) is 6.04 Å². The van der Waals surface area contributed by atoms with Gasteiger partial charge in [0.15, 0.2) is 0 Å². The van der Waals surface area contributed by atoms with Crippen LogP contribution in [-0.2, 0) is 6.42 Å². The number of piperidine rings is 1. The highest BCUT2D eigenvalue weighted by atomic mass is 15.1. The molecule has 3 nitrogen and oxygen atoms in total. The minimum absolute atomic E-state index is 0.538. The first-order valence-electron chi connectivity index (χ1n) is 9.53. The van der Waals surface area contributed by atoms with Crippen LogP contribution in [0.15, 0.2) is 54.7 Å². The molecule has 1 aromatic heterocycles. The maximum atomic E-state index is 9.30. The van der Waals surface area contributed by atoms with Crippen LogP contribution in [-0.4, -0.2) is 29.1 Å². The topological polar surface area (TPSA) is 32.0 Å². The number of aromatic nitrogens is 1. The van der Waals surface area contributed by atoms with Crippen LogP contribution in [0.3, 0.4) is 0 Å². The summed E-state index contributed by atoms with van der Waals surface area (Å²) >= 11 is 0. The summed E-state index contributed by atoms with van der Waals surface area (Å²) in [5.74, 6) is 0. The van der Waals surface area contributed by atoms with Gasteiger partial charge in [0.2, 0.25) is 0 Å². The van der Waals surface area contributed by atoms with Gasteiger partial charge in [0.25, 0.3) is 0 Å². The third-order valence-corrected chi connectivity index (χ3v) is 5.79. The Morgan fingerprint density at radius 1 is 1.04 bits per heavy atom. The number of fused-ring (bicyclic) bond motifs is 1. The summed E-state index contributed by atoms with van der Waals surface area (Å²) in [6, 6.07) is 19.7. The summed E-state index contributed by atoms with van der Waals surface area (Å²) in [5, 5.41) is 10.4. The molecular formula is C23H25N3. The first kappa shape index (κ1) is 16.9. The fraction of sp³-hybridized carbons (Fsp3) is 0.348. The fourth-order valence-corrected chi connectivity index (χ4v) is 4.19. The Balaban J connectivity index is 1.40. The predicted octanol–water partition coefficient (Wildman–Crippen LogP) is 4.70. The van der Waals surface area contributed by atoms with Crippen LogP contribution in [0.25, 0.3) is 10.9 Å². The molecule has 1 aliphatic rings. The van der Waals surface area contributed by atoms with E-state index < -0.39 is 0 Å². The van der Waals surface area contributed by atoms with E-state index in [4.69, 9.17) is 0 Å². The molecule has 1 fully saturated rings. The minimum Gasteiger partial charge on any atom is -0.344 e. The van der Waals surface area contributed by atoms with Crippen LogP contribution < -0.4 is 0 Å². The lowest BCUT2D eigenvalue weighted by Crippen LogP contribution is -2.35. The normalized spacial score (nSPS) is 16.0. The summed E-state index contributed by atoms with van der Waals surface area (Å²) in [5.41, 5.74) is 4.84. The summed E-state index contributed by atoms with van der Waals surface area (Å²) in [7, 11) is 0. The van der Waals surface area contributed by atoms with Gasteiger partial charge < -0.3 is 9.47 Å². The van der Waals surface area contributed by atoms with E-state index in [1.165, 1.54) is 29.5 Å². The number of rotatable bonds is 4. The predicted molar refractivity (Wildman–Crippen MR) is 106 cm³/mol. The average molecular weight is 343 g/mol. The molecule has 26 heavy (non-hydrogen) atoms. The van der Waals surface area contributed by atoms with Gasteiger partial charge in [0.1, 0.15) is 0 Å². The van der Waals surface area contributed by atoms with Gasteiger partial charge >= 0.3 is 0 Å². The zero-order valence-corrected chi connectivity index (χ0v) is 15.4. The highest BCUT2D eigenvalue weighted by Gasteiger charge is 2.21. The molecule has 2 heterocycles. The van der Waals surface area contributed by atoms with Crippen molar-refractivity contribution in [1.29, 1.82) is 5.26 Å². The monoisotopic (exact) mass is 343 g/mol. The summed E-state index contributed by atoms with van der Waals surface area (Å²) in [6.07, 6.45) is 5.65. The molecule has 0 atom stereocenters. The first-order valence-corrected chi connectivity index (χ1v) is 9.53. The number of nitriles is 1. The quantitative estimate of drug-likeness (QED) is 0.687. The Labute approximate surface area is 155 Å². The van der Waals surface area contributed by atoms with Crippen molar-refractivity contribution in [1.82, 2.24) is 9.47 Å². The molecule has 0 amide bonds. The Bertz CT molecular complexity index is 939. The molecule has 3 heteroatoms. The Morgan fingerprint density at radius 2 is 1.85 bits per heavy atom. The second-order valence-corrected chi connectivity index (χ2v) is 7.32. The smallest absolute Gasteiger partial charge is 0.0998 e. The highest BCUT2D eigenvalue weighted by molar-refractivity contribution is 5.86. The lowest BCUT2D eigenvalue weighted by Gasteiger charge is -2.33. The van der Waals surface area contributed by atoms with Crippen LogP contribution in [0.2, 0.25) is 0 Å². The Hall–Kier alpha value is -2.57. The summed E-state index contributed by atoms with van der Waals surface area (Å²) in [4.78, 5) is 2.59. The van der Waals surface area contributed by atoms with E-state index in [9.17, 15) is 5.26 Å². The lowest BCUT2D eigenvalue weighted by atomic mass is 10.0. The molecule has 0 radical (unpaired) electrons. The third kappa shape index (κ3) is 3.25. The zero-order chi connectivity index (χ0) is 17.9. The molecular weight excluding hydrogens is 318 g/mol. The molecule has 2 aromatic carbocycles. The van der Waals surface area contributed by atoms with Crippen molar-refractivity contribution in [2.45, 2.75) is 32.2 Å². The minimum atomic E-state index is 0.538. The van der Waals surface area contributed by atoms with Crippen molar-refractivity contribution in [2.75, 3.05) is 19.6 Å². The molecule has 0 unspecified atom stereocenters. The molecule has 1 aliphatic heterocycles. The second kappa shape index (κ2) is 7.35. The lowest BCUT2D eigenvalue weighted by molar-refractivity contribution is 0.190. The molecule has 1 saturated heterocycles. The van der Waals surface area contributed by atoms with Crippen molar-refractivity contribution in [2.24, 2.45) is 0 Å². The van der Waals surface area contributed by atoms with E-state index in [1.807, 2.05) is 12.1 Å². The number of hydrogen-bond donors (Lipinski definition) is 0. The SMILES string of the molecule is Cc1ccccc1CCN1CCC(n2ccc3c(C#N)cccc32)CC1. The number of hydrogen-bond acceptors (Lipinski definition) is 2. The molecule has 4 rings (SSSR count). The largest absolute Gasteiger partial charge is 0.344 e. The van der Waals surface area contributed by atoms with Crippen LogP contribution in [0, 0.1) is 18.3 Å². The average Bonchev–Trinajstić information content (AvgIpc) is 3.12. The molecule has 0 spiro atoms. The van der Waals surface area contributed by atoms with Crippen molar-refractivity contribution in [3.63, 3.8) is 0 Å². The summed E-state index contributed by atoms with van der Waals surface area (Å²) in [6.45, 7) is 5.64.